The molecule has 4 nitrogen and oxygen atoms in total. The van der Waals surface area contributed by atoms with E-state index >= 15 is 0 Å². The van der Waals surface area contributed by atoms with Crippen LogP contribution in [0.2, 0.25) is 0 Å². The van der Waals surface area contributed by atoms with E-state index in [4.69, 9.17) is 9.47 Å². The van der Waals surface area contributed by atoms with Crippen LogP contribution in [0.3, 0.4) is 0 Å². The summed E-state index contributed by atoms with van der Waals surface area (Å²) >= 11 is 0. The summed E-state index contributed by atoms with van der Waals surface area (Å²) in [6, 6.07) is 0. The van der Waals surface area contributed by atoms with Gasteiger partial charge in [0.15, 0.2) is 0 Å². The molecule has 0 aliphatic rings. The van der Waals surface area contributed by atoms with Crippen LogP contribution in [0.4, 0.5) is 0 Å². The van der Waals surface area contributed by atoms with Gasteiger partial charge in [-0.3, -0.25) is 4.79 Å². The van der Waals surface area contributed by atoms with Crippen molar-refractivity contribution in [2.24, 2.45) is 0 Å². The molecule has 0 radical (unpaired) electrons. The van der Waals surface area contributed by atoms with Gasteiger partial charge in [-0.1, -0.05) is 164 Å². The van der Waals surface area contributed by atoms with Crippen LogP contribution in [0.5, 0.6) is 0 Å². The van der Waals surface area contributed by atoms with Crippen molar-refractivity contribution in [1.29, 1.82) is 0 Å². The molecule has 0 aliphatic heterocycles. The highest BCUT2D eigenvalue weighted by Crippen LogP contribution is 2.13. The Balaban J connectivity index is 3.60. The molecule has 0 amide bonds. The van der Waals surface area contributed by atoms with E-state index in [9.17, 15) is 9.90 Å². The first-order chi connectivity index (χ1) is 22.2. The first kappa shape index (κ1) is 42.8. The molecule has 0 aliphatic carbocycles. The van der Waals surface area contributed by atoms with Gasteiger partial charge in [-0.05, 0) is 57.8 Å². The minimum absolute atomic E-state index is 0.197. The highest BCUT2D eigenvalue weighted by Gasteiger charge is 2.13. The lowest BCUT2D eigenvalue weighted by molar-refractivity contribution is -0.154. The zero-order valence-corrected chi connectivity index (χ0v) is 29.4. The van der Waals surface area contributed by atoms with E-state index in [1.54, 1.807) is 0 Å². The topological polar surface area (TPSA) is 55.8 Å². The maximum atomic E-state index is 12.1. The summed E-state index contributed by atoms with van der Waals surface area (Å²) < 4.78 is 11.0. The SMILES string of the molecule is CC/C=C\C/C=C\C/C=C\C/C=C\C/C=C\C/C=C\CCCOCC(CO)OC(=O)CCCCCCCCCCCCCCC. The number of hydrogen-bond donors (Lipinski definition) is 1. The molecule has 1 N–H and O–H groups in total. The van der Waals surface area contributed by atoms with Gasteiger partial charge in [0, 0.05) is 13.0 Å². The fourth-order valence-electron chi connectivity index (χ4n) is 4.81. The van der Waals surface area contributed by atoms with Gasteiger partial charge in [-0.2, -0.15) is 0 Å². The summed E-state index contributed by atoms with van der Waals surface area (Å²) in [4.78, 5) is 12.1. The van der Waals surface area contributed by atoms with Crippen molar-refractivity contribution >= 4 is 5.97 Å². The Morgan fingerprint density at radius 1 is 0.556 bits per heavy atom. The molecule has 45 heavy (non-hydrogen) atoms. The maximum Gasteiger partial charge on any atom is 0.306 e. The molecular weight excluding hydrogens is 556 g/mol. The van der Waals surface area contributed by atoms with Crippen molar-refractivity contribution in [3.8, 4) is 0 Å². The van der Waals surface area contributed by atoms with Gasteiger partial charge in [0.25, 0.3) is 0 Å². The number of hydrogen-bond acceptors (Lipinski definition) is 4. The van der Waals surface area contributed by atoms with Crippen LogP contribution in [0.1, 0.15) is 155 Å². The highest BCUT2D eigenvalue weighted by atomic mass is 16.6. The molecule has 0 aromatic carbocycles. The molecule has 0 saturated carbocycles. The summed E-state index contributed by atoms with van der Waals surface area (Å²) in [5, 5.41) is 9.54. The number of ether oxygens (including phenoxy) is 2. The third-order valence-electron chi connectivity index (χ3n) is 7.55. The van der Waals surface area contributed by atoms with Crippen molar-refractivity contribution in [2.45, 2.75) is 161 Å². The van der Waals surface area contributed by atoms with E-state index in [2.05, 4.69) is 86.8 Å². The van der Waals surface area contributed by atoms with Gasteiger partial charge in [0.05, 0.1) is 13.2 Å². The largest absolute Gasteiger partial charge is 0.457 e. The third-order valence-corrected chi connectivity index (χ3v) is 7.55. The van der Waals surface area contributed by atoms with Gasteiger partial charge in [-0.15, -0.1) is 0 Å². The molecule has 0 fully saturated rings. The Bertz CT molecular complexity index is 789. The molecule has 0 spiro atoms. The second kappa shape index (κ2) is 38.0. The first-order valence-electron chi connectivity index (χ1n) is 18.5. The summed E-state index contributed by atoms with van der Waals surface area (Å²) in [5.41, 5.74) is 0. The maximum absolute atomic E-state index is 12.1. The quantitative estimate of drug-likeness (QED) is 0.0447. The van der Waals surface area contributed by atoms with E-state index in [0.29, 0.717) is 13.0 Å². The van der Waals surface area contributed by atoms with E-state index < -0.39 is 6.10 Å². The van der Waals surface area contributed by atoms with Crippen LogP contribution in [-0.4, -0.2) is 37.0 Å². The lowest BCUT2D eigenvalue weighted by Gasteiger charge is -2.15. The molecule has 0 aromatic heterocycles. The first-order valence-corrected chi connectivity index (χ1v) is 18.5. The fraction of sp³-hybridized carbons (Fsp3) is 0.683. The van der Waals surface area contributed by atoms with E-state index in [0.717, 1.165) is 64.2 Å². The third kappa shape index (κ3) is 36.2. The average Bonchev–Trinajstić information content (AvgIpc) is 3.05. The Labute approximate surface area is 278 Å². The number of esters is 1. The zero-order valence-electron chi connectivity index (χ0n) is 29.4. The summed E-state index contributed by atoms with van der Waals surface area (Å²) in [6.45, 7) is 5.08. The van der Waals surface area contributed by atoms with Gasteiger partial charge in [0.2, 0.25) is 0 Å². The standard InChI is InChI=1S/C41H70O4/c1-3-5-7-9-11-13-15-17-18-19-20-21-22-23-25-27-29-31-33-35-37-44-39-40(38-42)45-41(43)36-34-32-30-28-26-24-16-14-12-10-8-6-4-2/h5,7,11,13,17-18,20-21,23,25,29,31,40,42H,3-4,6,8-10,12,14-16,19,22,24,26-28,30,32-39H2,1-2H3/b7-5-,13-11-,18-17-,21-20-,25-23-,31-29-. The normalized spacial score (nSPS) is 13.2. The summed E-state index contributed by atoms with van der Waals surface area (Å²) in [7, 11) is 0. The van der Waals surface area contributed by atoms with Crippen molar-refractivity contribution < 1.29 is 19.4 Å². The highest BCUT2D eigenvalue weighted by molar-refractivity contribution is 5.69. The number of rotatable bonds is 33. The van der Waals surface area contributed by atoms with Crippen LogP contribution in [-0.2, 0) is 14.3 Å². The molecule has 0 heterocycles. The second-order valence-electron chi connectivity index (χ2n) is 11.9. The molecule has 1 atom stereocenters. The predicted octanol–water partition coefficient (Wildman–Crippen LogP) is 11.9. The van der Waals surface area contributed by atoms with Crippen molar-refractivity contribution in [3.63, 3.8) is 0 Å². The molecule has 0 aromatic rings. The Morgan fingerprint density at radius 2 is 0.978 bits per heavy atom. The van der Waals surface area contributed by atoms with Crippen molar-refractivity contribution in [3.05, 3.63) is 72.9 Å². The monoisotopic (exact) mass is 627 g/mol. The molecule has 0 rings (SSSR count). The molecule has 258 valence electrons. The summed E-state index contributed by atoms with van der Waals surface area (Å²) in [6.07, 6.45) is 50.9. The molecule has 0 saturated heterocycles. The Kier molecular flexibility index (Phi) is 36.2. The number of carbonyl (C=O) groups is 1. The lowest BCUT2D eigenvalue weighted by Crippen LogP contribution is -2.27. The summed E-state index contributed by atoms with van der Waals surface area (Å²) in [5.74, 6) is -0.223. The number of aliphatic hydroxyl groups excluding tert-OH is 1. The molecule has 1 unspecified atom stereocenters. The fourth-order valence-corrected chi connectivity index (χ4v) is 4.81. The zero-order chi connectivity index (χ0) is 32.7. The van der Waals surface area contributed by atoms with Gasteiger partial charge in [-0.25, -0.2) is 0 Å². The van der Waals surface area contributed by atoms with Crippen molar-refractivity contribution in [2.75, 3.05) is 19.8 Å². The van der Waals surface area contributed by atoms with Crippen LogP contribution in [0, 0.1) is 0 Å². The van der Waals surface area contributed by atoms with Crippen molar-refractivity contribution in [1.82, 2.24) is 0 Å². The van der Waals surface area contributed by atoms with Gasteiger partial charge < -0.3 is 14.6 Å². The average molecular weight is 627 g/mol. The predicted molar refractivity (Wildman–Crippen MR) is 196 cm³/mol. The van der Waals surface area contributed by atoms with Gasteiger partial charge in [0.1, 0.15) is 6.10 Å². The molecular formula is C41H70O4. The number of allylic oxidation sites excluding steroid dienone is 12. The number of aliphatic hydroxyl groups is 1. The molecule has 4 heteroatoms. The minimum Gasteiger partial charge on any atom is -0.457 e. The molecule has 0 bridgehead atoms. The Hall–Kier alpha value is -2.17. The van der Waals surface area contributed by atoms with Crippen LogP contribution < -0.4 is 0 Å². The van der Waals surface area contributed by atoms with Gasteiger partial charge >= 0.3 is 5.97 Å². The van der Waals surface area contributed by atoms with E-state index in [1.165, 1.54) is 70.6 Å². The number of carbonyl (C=O) groups excluding carboxylic acids is 1. The Morgan fingerprint density at radius 3 is 1.42 bits per heavy atom. The number of unbranched alkanes of at least 4 members (excludes halogenated alkanes) is 13. The van der Waals surface area contributed by atoms with E-state index in [1.807, 2.05) is 0 Å². The van der Waals surface area contributed by atoms with Crippen LogP contribution >= 0.6 is 0 Å². The minimum atomic E-state index is -0.564. The van der Waals surface area contributed by atoms with Crippen LogP contribution in [0.15, 0.2) is 72.9 Å². The van der Waals surface area contributed by atoms with E-state index in [-0.39, 0.29) is 19.2 Å². The lowest BCUT2D eigenvalue weighted by atomic mass is 10.0. The second-order valence-corrected chi connectivity index (χ2v) is 11.9. The smallest absolute Gasteiger partial charge is 0.306 e. The van der Waals surface area contributed by atoms with Crippen LogP contribution in [0.25, 0.3) is 0 Å².